The van der Waals surface area contributed by atoms with E-state index in [1.165, 1.54) is 5.56 Å². The maximum atomic E-state index is 12.1. The van der Waals surface area contributed by atoms with E-state index in [9.17, 15) is 4.79 Å². The summed E-state index contributed by atoms with van der Waals surface area (Å²) in [7, 11) is 0. The van der Waals surface area contributed by atoms with Crippen LogP contribution in [0.1, 0.15) is 18.1 Å². The van der Waals surface area contributed by atoms with Gasteiger partial charge in [0, 0.05) is 5.69 Å². The number of nitrogens with one attached hydrogen (secondary N) is 1. The Morgan fingerprint density at radius 2 is 1.80 bits per heavy atom. The summed E-state index contributed by atoms with van der Waals surface area (Å²) in [5.74, 6) is 0.539. The van der Waals surface area contributed by atoms with Crippen molar-refractivity contribution in [3.05, 3.63) is 59.7 Å². The smallest absolute Gasteiger partial charge is 0.265 e. The van der Waals surface area contributed by atoms with Gasteiger partial charge in [-0.25, -0.2) is 0 Å². The van der Waals surface area contributed by atoms with Crippen LogP contribution in [0.2, 0.25) is 0 Å². The molecule has 0 aliphatic heterocycles. The molecular weight excluding hydrogens is 250 g/mol. The van der Waals surface area contributed by atoms with Gasteiger partial charge in [0.1, 0.15) is 5.75 Å². The molecule has 0 bridgehead atoms. The third-order valence-electron chi connectivity index (χ3n) is 3.07. The fourth-order valence-electron chi connectivity index (χ4n) is 1.94. The zero-order chi connectivity index (χ0) is 14.5. The van der Waals surface area contributed by atoms with Gasteiger partial charge in [0.2, 0.25) is 0 Å². The van der Waals surface area contributed by atoms with Crippen molar-refractivity contribution in [2.75, 3.05) is 5.32 Å². The Morgan fingerprint density at radius 1 is 1.10 bits per heavy atom. The molecule has 3 nitrogen and oxygen atoms in total. The molecule has 0 radical (unpaired) electrons. The first kappa shape index (κ1) is 14.1. The molecule has 0 spiro atoms. The van der Waals surface area contributed by atoms with Crippen LogP contribution in [0.4, 0.5) is 5.69 Å². The van der Waals surface area contributed by atoms with Crippen molar-refractivity contribution < 1.29 is 9.53 Å². The Balaban J connectivity index is 2.01. The van der Waals surface area contributed by atoms with Crippen molar-refractivity contribution in [2.24, 2.45) is 0 Å². The Bertz CT molecular complexity index is 593. The van der Waals surface area contributed by atoms with Crippen molar-refractivity contribution >= 4 is 11.6 Å². The van der Waals surface area contributed by atoms with Crippen LogP contribution in [-0.4, -0.2) is 12.0 Å². The highest BCUT2D eigenvalue weighted by Crippen LogP contribution is 2.17. The van der Waals surface area contributed by atoms with E-state index in [0.717, 1.165) is 11.3 Å². The number of carbonyl (C=O) groups excluding carboxylic acids is 1. The number of anilines is 1. The number of aryl methyl sites for hydroxylation is 2. The van der Waals surface area contributed by atoms with Crippen molar-refractivity contribution in [3.8, 4) is 5.75 Å². The van der Waals surface area contributed by atoms with E-state index in [4.69, 9.17) is 4.74 Å². The van der Waals surface area contributed by atoms with Crippen molar-refractivity contribution in [2.45, 2.75) is 26.9 Å². The van der Waals surface area contributed by atoms with Crippen molar-refractivity contribution in [3.63, 3.8) is 0 Å². The molecule has 0 aromatic heterocycles. The van der Waals surface area contributed by atoms with Crippen LogP contribution >= 0.6 is 0 Å². The second-order valence-corrected chi connectivity index (χ2v) is 4.88. The van der Waals surface area contributed by atoms with Crippen LogP contribution in [-0.2, 0) is 4.79 Å². The zero-order valence-corrected chi connectivity index (χ0v) is 12.0. The molecule has 1 atom stereocenters. The molecule has 0 aliphatic carbocycles. The highest BCUT2D eigenvalue weighted by molar-refractivity contribution is 5.94. The molecule has 0 fully saturated rings. The van der Waals surface area contributed by atoms with Gasteiger partial charge in [-0.15, -0.1) is 0 Å². The van der Waals surface area contributed by atoms with Crippen LogP contribution in [0.25, 0.3) is 0 Å². The largest absolute Gasteiger partial charge is 0.481 e. The molecule has 1 amide bonds. The number of ether oxygens (including phenoxy) is 1. The van der Waals surface area contributed by atoms with Crippen molar-refractivity contribution in [1.29, 1.82) is 0 Å². The van der Waals surface area contributed by atoms with Gasteiger partial charge in [0.15, 0.2) is 6.10 Å². The van der Waals surface area contributed by atoms with Gasteiger partial charge in [-0.1, -0.05) is 35.9 Å². The van der Waals surface area contributed by atoms with Gasteiger partial charge in [-0.3, -0.25) is 4.79 Å². The van der Waals surface area contributed by atoms with E-state index in [-0.39, 0.29) is 5.91 Å². The maximum absolute atomic E-state index is 12.1. The summed E-state index contributed by atoms with van der Waals surface area (Å²) >= 11 is 0. The lowest BCUT2D eigenvalue weighted by atomic mass is 10.1. The number of carbonyl (C=O) groups is 1. The third-order valence-corrected chi connectivity index (χ3v) is 3.07. The number of amides is 1. The molecule has 20 heavy (non-hydrogen) atoms. The summed E-state index contributed by atoms with van der Waals surface area (Å²) in [6.45, 7) is 5.75. The summed E-state index contributed by atoms with van der Waals surface area (Å²) in [5, 5.41) is 2.89. The first-order valence-corrected chi connectivity index (χ1v) is 6.66. The van der Waals surface area contributed by atoms with E-state index in [2.05, 4.69) is 5.32 Å². The Labute approximate surface area is 119 Å². The second-order valence-electron chi connectivity index (χ2n) is 4.88. The summed E-state index contributed by atoms with van der Waals surface area (Å²) in [4.78, 5) is 12.1. The predicted octanol–water partition coefficient (Wildman–Crippen LogP) is 3.71. The number of rotatable bonds is 4. The molecule has 0 saturated heterocycles. The number of benzene rings is 2. The Kier molecular flexibility index (Phi) is 4.41. The molecule has 1 N–H and O–H groups in total. The third kappa shape index (κ3) is 3.60. The molecule has 104 valence electrons. The predicted molar refractivity (Wildman–Crippen MR) is 81.1 cm³/mol. The molecule has 2 aromatic rings. The van der Waals surface area contributed by atoms with Crippen LogP contribution in [0.3, 0.4) is 0 Å². The van der Waals surface area contributed by atoms with Crippen LogP contribution in [0.5, 0.6) is 5.75 Å². The maximum Gasteiger partial charge on any atom is 0.265 e. The molecule has 3 heteroatoms. The lowest BCUT2D eigenvalue weighted by Crippen LogP contribution is -2.30. The minimum atomic E-state index is -0.543. The minimum absolute atomic E-state index is 0.152. The lowest BCUT2D eigenvalue weighted by Gasteiger charge is -2.16. The van der Waals surface area contributed by atoms with Gasteiger partial charge in [0.25, 0.3) is 5.91 Å². The first-order chi connectivity index (χ1) is 9.56. The van der Waals surface area contributed by atoms with Gasteiger partial charge in [-0.2, -0.15) is 0 Å². The van der Waals surface area contributed by atoms with E-state index >= 15 is 0 Å². The van der Waals surface area contributed by atoms with Gasteiger partial charge in [0.05, 0.1) is 0 Å². The summed E-state index contributed by atoms with van der Waals surface area (Å²) < 4.78 is 5.60. The SMILES string of the molecule is Cc1ccc(NC(=O)C(C)Oc2ccccc2)c(C)c1. The monoisotopic (exact) mass is 269 g/mol. The van der Waals surface area contributed by atoms with Gasteiger partial charge >= 0.3 is 0 Å². The average molecular weight is 269 g/mol. The topological polar surface area (TPSA) is 38.3 Å². The minimum Gasteiger partial charge on any atom is -0.481 e. The zero-order valence-electron chi connectivity index (χ0n) is 12.0. The average Bonchev–Trinajstić information content (AvgIpc) is 2.43. The van der Waals surface area contributed by atoms with E-state index in [0.29, 0.717) is 5.75 Å². The Morgan fingerprint density at radius 3 is 2.45 bits per heavy atom. The number of para-hydroxylation sites is 1. The summed E-state index contributed by atoms with van der Waals surface area (Å²) in [6.07, 6.45) is -0.543. The highest BCUT2D eigenvalue weighted by Gasteiger charge is 2.15. The van der Waals surface area contributed by atoms with Gasteiger partial charge in [-0.05, 0) is 44.5 Å². The molecule has 0 saturated carbocycles. The van der Waals surface area contributed by atoms with Crippen molar-refractivity contribution in [1.82, 2.24) is 0 Å². The first-order valence-electron chi connectivity index (χ1n) is 6.66. The summed E-state index contributed by atoms with van der Waals surface area (Å²) in [5.41, 5.74) is 3.04. The second kappa shape index (κ2) is 6.24. The van der Waals surface area contributed by atoms with Crippen LogP contribution < -0.4 is 10.1 Å². The van der Waals surface area contributed by atoms with Crippen LogP contribution in [0.15, 0.2) is 48.5 Å². The Hall–Kier alpha value is -2.29. The van der Waals surface area contributed by atoms with E-state index < -0.39 is 6.10 Å². The highest BCUT2D eigenvalue weighted by atomic mass is 16.5. The molecule has 2 rings (SSSR count). The number of hydrogen-bond acceptors (Lipinski definition) is 2. The van der Waals surface area contributed by atoms with Crippen LogP contribution in [0, 0.1) is 13.8 Å². The fraction of sp³-hybridized carbons (Fsp3) is 0.235. The number of hydrogen-bond donors (Lipinski definition) is 1. The molecule has 0 aliphatic rings. The molecule has 2 aromatic carbocycles. The van der Waals surface area contributed by atoms with E-state index in [1.807, 2.05) is 62.4 Å². The standard InChI is InChI=1S/C17H19NO2/c1-12-9-10-16(13(2)11-12)18-17(19)14(3)20-15-7-5-4-6-8-15/h4-11,14H,1-3H3,(H,18,19). The normalized spacial score (nSPS) is 11.8. The molecule has 1 unspecified atom stereocenters. The fourth-order valence-corrected chi connectivity index (χ4v) is 1.94. The molecular formula is C17H19NO2. The van der Waals surface area contributed by atoms with Gasteiger partial charge < -0.3 is 10.1 Å². The molecule has 0 heterocycles. The summed E-state index contributed by atoms with van der Waals surface area (Å²) in [6, 6.07) is 15.3. The lowest BCUT2D eigenvalue weighted by molar-refractivity contribution is -0.122. The quantitative estimate of drug-likeness (QED) is 0.919. The van der Waals surface area contributed by atoms with E-state index in [1.54, 1.807) is 6.92 Å².